The predicted octanol–water partition coefficient (Wildman–Crippen LogP) is 8.55. The number of hydrogen-bond donors (Lipinski definition) is 1. The Bertz CT molecular complexity index is 2040. The Kier molecular flexibility index (Phi) is 7.49. The number of nitriles is 1. The van der Waals surface area contributed by atoms with E-state index < -0.39 is 5.91 Å². The van der Waals surface area contributed by atoms with Crippen molar-refractivity contribution in [3.8, 4) is 45.3 Å². The molecule has 42 heavy (non-hydrogen) atoms. The molecule has 6 nitrogen and oxygen atoms in total. The summed E-state index contributed by atoms with van der Waals surface area (Å²) in [6.07, 6.45) is 0. The minimum Gasteiger partial charge on any atom is -0.506 e. The highest BCUT2D eigenvalue weighted by Gasteiger charge is 2.26. The van der Waals surface area contributed by atoms with Gasteiger partial charge in [0.25, 0.3) is 0 Å². The second-order valence-electron chi connectivity index (χ2n) is 9.69. The Hall–Kier alpha value is -4.54. The molecule has 0 bridgehead atoms. The topological polar surface area (TPSA) is 95.5 Å². The normalized spacial score (nSPS) is 11.0. The number of thiophene rings is 1. The lowest BCUT2D eigenvalue weighted by Gasteiger charge is -2.14. The average Bonchev–Trinajstić information content (AvgIpc) is 3.60. The van der Waals surface area contributed by atoms with Crippen LogP contribution >= 0.6 is 32.5 Å². The van der Waals surface area contributed by atoms with E-state index in [1.54, 1.807) is 30.3 Å². The van der Waals surface area contributed by atoms with Crippen molar-refractivity contribution in [3.63, 3.8) is 0 Å². The van der Waals surface area contributed by atoms with E-state index in [0.29, 0.717) is 10.4 Å². The number of carbonyl (C=O) groups is 1. The van der Waals surface area contributed by atoms with Gasteiger partial charge in [-0.25, -0.2) is 0 Å². The van der Waals surface area contributed by atoms with Crippen LogP contribution in [0.25, 0.3) is 44.4 Å². The molecule has 1 N–H and O–H groups in total. The number of fused-ring (bicyclic) bond motifs is 1. The van der Waals surface area contributed by atoms with Gasteiger partial charge in [-0.2, -0.15) is 5.26 Å². The van der Waals surface area contributed by atoms with E-state index >= 15 is 0 Å². The van der Waals surface area contributed by atoms with Crippen molar-refractivity contribution in [1.29, 1.82) is 5.26 Å². The van der Waals surface area contributed by atoms with Crippen LogP contribution in [0.4, 0.5) is 0 Å². The molecule has 204 valence electrons. The van der Waals surface area contributed by atoms with Crippen molar-refractivity contribution in [1.82, 2.24) is 3.97 Å². The van der Waals surface area contributed by atoms with Crippen LogP contribution in [0.1, 0.15) is 20.8 Å². The summed E-state index contributed by atoms with van der Waals surface area (Å²) < 4.78 is 2.05. The standard InChI is InChI=1S/C33H22N3O3PS2/c1-19-5-11-25(12-6-19)42-36-31(23-4-2-3-22(15-23)20-7-9-21(10-8-20)33(38)35-39)30(26-13-14-41-29(26)18-34)27-16-24(40)17-28(37)32(27)36/h2-17,37H,40H2,1H3. The van der Waals surface area contributed by atoms with Crippen molar-refractivity contribution in [2.45, 2.75) is 11.8 Å². The third kappa shape index (κ3) is 5.03. The van der Waals surface area contributed by atoms with Crippen molar-refractivity contribution < 1.29 is 9.90 Å². The zero-order valence-corrected chi connectivity index (χ0v) is 25.0. The monoisotopic (exact) mass is 603 g/mol. The van der Waals surface area contributed by atoms with Crippen LogP contribution in [0.5, 0.6) is 5.75 Å². The molecule has 0 saturated carbocycles. The molecule has 0 spiro atoms. The molecular weight excluding hydrogens is 581 g/mol. The van der Waals surface area contributed by atoms with Gasteiger partial charge >= 0.3 is 5.91 Å². The highest BCUT2D eigenvalue weighted by molar-refractivity contribution is 7.98. The first-order valence-corrected chi connectivity index (χ1v) is 15.1. The van der Waals surface area contributed by atoms with Crippen LogP contribution in [-0.2, 0) is 0 Å². The van der Waals surface area contributed by atoms with Gasteiger partial charge < -0.3 is 5.11 Å². The number of phenols is 1. The largest absolute Gasteiger partial charge is 0.506 e. The summed E-state index contributed by atoms with van der Waals surface area (Å²) in [6, 6.07) is 31.0. The molecule has 4 aromatic carbocycles. The molecule has 6 aromatic rings. The maximum Gasteiger partial charge on any atom is 0.316 e. The van der Waals surface area contributed by atoms with Gasteiger partial charge in [-0.3, -0.25) is 8.77 Å². The summed E-state index contributed by atoms with van der Waals surface area (Å²) in [6.45, 7) is 2.04. The molecule has 0 radical (unpaired) electrons. The molecule has 0 aliphatic rings. The molecule has 2 aromatic heterocycles. The first kappa shape index (κ1) is 27.6. The number of nitroso groups, excluding NO2 is 1. The fourth-order valence-corrected chi connectivity index (χ4v) is 7.07. The average molecular weight is 604 g/mol. The van der Waals surface area contributed by atoms with Gasteiger partial charge in [0.1, 0.15) is 22.2 Å². The van der Waals surface area contributed by atoms with Crippen LogP contribution in [0, 0.1) is 23.2 Å². The Morgan fingerprint density at radius 2 is 1.71 bits per heavy atom. The highest BCUT2D eigenvalue weighted by atomic mass is 32.2. The Morgan fingerprint density at radius 3 is 2.43 bits per heavy atom. The van der Waals surface area contributed by atoms with E-state index in [1.165, 1.54) is 23.3 Å². The zero-order valence-electron chi connectivity index (χ0n) is 22.2. The van der Waals surface area contributed by atoms with Gasteiger partial charge in [0.15, 0.2) is 0 Å². The molecule has 2 heterocycles. The molecule has 6 rings (SSSR count). The minimum atomic E-state index is -0.810. The van der Waals surface area contributed by atoms with Gasteiger partial charge in [-0.1, -0.05) is 48.0 Å². The third-order valence-corrected chi connectivity index (χ3v) is 9.15. The molecule has 9 heteroatoms. The van der Waals surface area contributed by atoms with Crippen molar-refractivity contribution in [2.75, 3.05) is 0 Å². The van der Waals surface area contributed by atoms with E-state index in [-0.39, 0.29) is 11.3 Å². The van der Waals surface area contributed by atoms with Gasteiger partial charge in [-0.05, 0) is 89.2 Å². The maximum atomic E-state index is 11.7. The van der Waals surface area contributed by atoms with Crippen molar-refractivity contribution in [2.24, 2.45) is 5.18 Å². The quantitative estimate of drug-likeness (QED) is 0.152. The number of amides is 1. The lowest BCUT2D eigenvalue weighted by Crippen LogP contribution is -1.95. The number of benzene rings is 4. The first-order valence-electron chi connectivity index (χ1n) is 12.9. The number of aryl methyl sites for hydroxylation is 1. The molecule has 0 aliphatic heterocycles. The fourth-order valence-electron chi connectivity index (χ4n) is 5.01. The summed E-state index contributed by atoms with van der Waals surface area (Å²) in [5, 5.41) is 27.4. The first-order chi connectivity index (χ1) is 20.4. The second-order valence-corrected chi connectivity index (χ2v) is 12.3. The van der Waals surface area contributed by atoms with E-state index in [2.05, 4.69) is 50.8 Å². The molecule has 0 saturated heterocycles. The van der Waals surface area contributed by atoms with E-state index in [0.717, 1.165) is 54.7 Å². The molecule has 1 atom stereocenters. The third-order valence-electron chi connectivity index (χ3n) is 6.96. The summed E-state index contributed by atoms with van der Waals surface area (Å²) in [7, 11) is 2.66. The van der Waals surface area contributed by atoms with Crippen LogP contribution in [-0.4, -0.2) is 15.0 Å². The lowest BCUT2D eigenvalue weighted by molar-refractivity contribution is 0.100. The van der Waals surface area contributed by atoms with E-state index in [4.69, 9.17) is 0 Å². The van der Waals surface area contributed by atoms with E-state index in [1.807, 2.05) is 46.6 Å². The second kappa shape index (κ2) is 11.4. The number of hydrogen-bond acceptors (Lipinski definition) is 6. The van der Waals surface area contributed by atoms with Crippen LogP contribution in [0.2, 0.25) is 0 Å². The van der Waals surface area contributed by atoms with Gasteiger partial charge in [0.2, 0.25) is 0 Å². The van der Waals surface area contributed by atoms with Crippen LogP contribution < -0.4 is 5.30 Å². The number of phenolic OH excluding ortho intramolecular Hbond substituents is 1. The summed E-state index contributed by atoms with van der Waals surface area (Å²) >= 11 is 2.88. The van der Waals surface area contributed by atoms with E-state index in [9.17, 15) is 20.1 Å². The highest BCUT2D eigenvalue weighted by Crippen LogP contribution is 2.48. The van der Waals surface area contributed by atoms with Gasteiger partial charge in [0, 0.05) is 37.7 Å². The molecule has 0 fully saturated rings. The van der Waals surface area contributed by atoms with Crippen molar-refractivity contribution in [3.05, 3.63) is 117 Å². The van der Waals surface area contributed by atoms with Crippen LogP contribution in [0.3, 0.4) is 0 Å². The Balaban J connectivity index is 1.64. The van der Waals surface area contributed by atoms with Crippen LogP contribution in [0.15, 0.2) is 106 Å². The molecule has 1 unspecified atom stereocenters. The number of aromatic nitrogens is 1. The Labute approximate surface area is 252 Å². The summed E-state index contributed by atoms with van der Waals surface area (Å²) in [5.41, 5.74) is 7.17. The summed E-state index contributed by atoms with van der Waals surface area (Å²) in [4.78, 5) is 24.0. The Morgan fingerprint density at radius 1 is 0.976 bits per heavy atom. The molecule has 1 amide bonds. The summed E-state index contributed by atoms with van der Waals surface area (Å²) in [5.74, 6) is -0.673. The van der Waals surface area contributed by atoms with Gasteiger partial charge in [-0.15, -0.1) is 25.5 Å². The molecular formula is C33H22N3O3PS2. The smallest absolute Gasteiger partial charge is 0.316 e. The minimum absolute atomic E-state index is 0.138. The van der Waals surface area contributed by atoms with Gasteiger partial charge in [0.05, 0.1) is 5.69 Å². The predicted molar refractivity (Wildman–Crippen MR) is 174 cm³/mol. The number of carbonyl (C=O) groups excluding carboxylic acids is 1. The lowest BCUT2D eigenvalue weighted by atomic mass is 9.96. The number of rotatable bonds is 6. The SMILES string of the molecule is Cc1ccc(Sn2c(-c3cccc(-c4ccc(C(=O)N=O)cc4)c3)c(-c3ccsc3C#N)c3cc(P)cc(O)c32)cc1. The van der Waals surface area contributed by atoms with Crippen molar-refractivity contribution >= 4 is 54.6 Å². The number of nitrogens with zero attached hydrogens (tertiary/aromatic N) is 3. The zero-order chi connectivity index (χ0) is 29.4. The maximum absolute atomic E-state index is 11.7. The molecule has 0 aliphatic carbocycles. The fraction of sp³-hybridized carbons (Fsp3) is 0.0303. The number of aromatic hydroxyl groups is 1.